The van der Waals surface area contributed by atoms with E-state index in [0.717, 1.165) is 27.9 Å². The number of rotatable bonds is 3. The molecule has 0 saturated carbocycles. The maximum absolute atomic E-state index is 13.1. The lowest BCUT2D eigenvalue weighted by molar-refractivity contribution is 0.102. The quantitative estimate of drug-likeness (QED) is 0.754. The van der Waals surface area contributed by atoms with Gasteiger partial charge in [-0.25, -0.2) is 13.8 Å². The maximum Gasteiger partial charge on any atom is 0.173 e. The number of Topliss-reactive ketones (excluding diaryl/α,β-unsaturated/α-hetero) is 1. The van der Waals surface area contributed by atoms with Crippen LogP contribution in [-0.2, 0) is 5.75 Å². The summed E-state index contributed by atoms with van der Waals surface area (Å²) in [5.41, 5.74) is 2.26. The molecule has 0 N–H and O–H groups in total. The summed E-state index contributed by atoms with van der Waals surface area (Å²) in [6.07, 6.45) is 0. The fraction of sp³-hybridized carbons (Fsp3) is 0.125. The van der Waals surface area contributed by atoms with E-state index in [0.29, 0.717) is 0 Å². The van der Waals surface area contributed by atoms with Crippen molar-refractivity contribution < 1.29 is 13.6 Å². The molecule has 112 valence electrons. The molecule has 22 heavy (non-hydrogen) atoms. The van der Waals surface area contributed by atoms with E-state index in [1.165, 1.54) is 23.4 Å². The van der Waals surface area contributed by atoms with Crippen LogP contribution in [0.15, 0.2) is 47.5 Å². The minimum absolute atomic E-state index is 0.152. The summed E-state index contributed by atoms with van der Waals surface area (Å²) in [6, 6.07) is 11.1. The highest BCUT2D eigenvalue weighted by molar-refractivity contribution is 8.38. The third-order valence-corrected chi connectivity index (χ3v) is 5.37. The molecule has 2 nitrogen and oxygen atoms in total. The first-order valence-electron chi connectivity index (χ1n) is 6.54. The van der Waals surface area contributed by atoms with E-state index in [1.54, 1.807) is 11.8 Å². The zero-order valence-corrected chi connectivity index (χ0v) is 13.0. The summed E-state index contributed by atoms with van der Waals surface area (Å²) >= 11 is 2.90. The minimum atomic E-state index is -1.01. The standard InChI is InChI=1S/C16H11F2NOS2/c17-12-6-5-10(7-13(12)18)15(20)9-22-16-19-14-4-2-1-3-11(14)8-21-16/h1-7H,8-9H2. The number of hydrogen-bond acceptors (Lipinski definition) is 4. The van der Waals surface area contributed by atoms with Crippen LogP contribution >= 0.6 is 23.5 Å². The minimum Gasteiger partial charge on any atom is -0.293 e. The number of fused-ring (bicyclic) bond motifs is 1. The van der Waals surface area contributed by atoms with Crippen LogP contribution in [0.25, 0.3) is 0 Å². The van der Waals surface area contributed by atoms with Crippen LogP contribution in [-0.4, -0.2) is 15.9 Å². The summed E-state index contributed by atoms with van der Waals surface area (Å²) in [4.78, 5) is 16.5. The van der Waals surface area contributed by atoms with Crippen molar-refractivity contribution in [3.8, 4) is 0 Å². The Morgan fingerprint density at radius 3 is 2.82 bits per heavy atom. The Morgan fingerprint density at radius 2 is 2.00 bits per heavy atom. The van der Waals surface area contributed by atoms with Crippen LogP contribution < -0.4 is 0 Å². The first-order chi connectivity index (χ1) is 10.6. The zero-order valence-electron chi connectivity index (χ0n) is 11.4. The van der Waals surface area contributed by atoms with E-state index in [-0.39, 0.29) is 17.1 Å². The Labute approximate surface area is 135 Å². The highest BCUT2D eigenvalue weighted by Gasteiger charge is 2.15. The van der Waals surface area contributed by atoms with Crippen molar-refractivity contribution in [2.24, 2.45) is 4.99 Å². The molecule has 3 rings (SSSR count). The second-order valence-corrected chi connectivity index (χ2v) is 6.82. The number of para-hydroxylation sites is 1. The van der Waals surface area contributed by atoms with E-state index in [2.05, 4.69) is 4.99 Å². The van der Waals surface area contributed by atoms with Crippen LogP contribution in [0.5, 0.6) is 0 Å². The number of benzene rings is 2. The number of ketones is 1. The van der Waals surface area contributed by atoms with Gasteiger partial charge in [0.05, 0.1) is 11.4 Å². The van der Waals surface area contributed by atoms with Crippen molar-refractivity contribution in [1.29, 1.82) is 0 Å². The third kappa shape index (κ3) is 3.39. The fourth-order valence-corrected chi connectivity index (χ4v) is 3.92. The van der Waals surface area contributed by atoms with Gasteiger partial charge in [-0.3, -0.25) is 4.79 Å². The van der Waals surface area contributed by atoms with Gasteiger partial charge in [0.25, 0.3) is 0 Å². The summed E-state index contributed by atoms with van der Waals surface area (Å²) in [6.45, 7) is 0. The van der Waals surface area contributed by atoms with E-state index in [4.69, 9.17) is 0 Å². The van der Waals surface area contributed by atoms with Crippen LogP contribution in [0.1, 0.15) is 15.9 Å². The van der Waals surface area contributed by atoms with Gasteiger partial charge >= 0.3 is 0 Å². The molecular formula is C16H11F2NOS2. The largest absolute Gasteiger partial charge is 0.293 e. The maximum atomic E-state index is 13.1. The van der Waals surface area contributed by atoms with Gasteiger partial charge in [-0.1, -0.05) is 41.7 Å². The summed E-state index contributed by atoms with van der Waals surface area (Å²) in [7, 11) is 0. The van der Waals surface area contributed by atoms with Crippen LogP contribution in [0.2, 0.25) is 0 Å². The average Bonchev–Trinajstić information content (AvgIpc) is 2.55. The second kappa shape index (κ2) is 6.62. The molecule has 0 aliphatic carbocycles. The third-order valence-electron chi connectivity index (χ3n) is 3.12. The van der Waals surface area contributed by atoms with E-state index in [9.17, 15) is 13.6 Å². The van der Waals surface area contributed by atoms with Crippen LogP contribution in [0.3, 0.4) is 0 Å². The molecule has 1 aliphatic heterocycles. The predicted octanol–water partition coefficient (Wildman–Crippen LogP) is 4.82. The smallest absolute Gasteiger partial charge is 0.173 e. The van der Waals surface area contributed by atoms with E-state index < -0.39 is 11.6 Å². The Morgan fingerprint density at radius 1 is 1.18 bits per heavy atom. The van der Waals surface area contributed by atoms with Gasteiger partial charge in [-0.15, -0.1) is 0 Å². The van der Waals surface area contributed by atoms with Gasteiger partial charge in [-0.05, 0) is 29.8 Å². The summed E-state index contributed by atoms with van der Waals surface area (Å²) < 4.78 is 26.8. The van der Waals surface area contributed by atoms with Crippen molar-refractivity contribution in [2.75, 3.05) is 5.75 Å². The van der Waals surface area contributed by atoms with Crippen molar-refractivity contribution in [3.63, 3.8) is 0 Å². The number of hydrogen-bond donors (Lipinski definition) is 0. The number of carbonyl (C=O) groups excluding carboxylic acids is 1. The first kappa shape index (κ1) is 15.2. The molecule has 0 bridgehead atoms. The Balaban J connectivity index is 1.67. The molecule has 0 radical (unpaired) electrons. The Bertz CT molecular complexity index is 762. The fourth-order valence-electron chi connectivity index (χ4n) is 1.97. The van der Waals surface area contributed by atoms with E-state index in [1.807, 2.05) is 24.3 Å². The normalized spacial score (nSPS) is 13.5. The van der Waals surface area contributed by atoms with Gasteiger partial charge in [0, 0.05) is 11.3 Å². The topological polar surface area (TPSA) is 29.4 Å². The number of carbonyl (C=O) groups is 1. The Hall–Kier alpha value is -1.66. The second-order valence-electron chi connectivity index (χ2n) is 4.64. The molecular weight excluding hydrogens is 324 g/mol. The highest BCUT2D eigenvalue weighted by atomic mass is 32.2. The zero-order chi connectivity index (χ0) is 15.5. The predicted molar refractivity (Wildman–Crippen MR) is 88.0 cm³/mol. The molecule has 1 heterocycles. The number of nitrogens with zero attached hydrogens (tertiary/aromatic N) is 1. The average molecular weight is 335 g/mol. The van der Waals surface area contributed by atoms with E-state index >= 15 is 0 Å². The lowest BCUT2D eigenvalue weighted by atomic mass is 10.1. The summed E-state index contributed by atoms with van der Waals surface area (Å²) in [5, 5.41) is 0. The van der Waals surface area contributed by atoms with Gasteiger partial charge in [-0.2, -0.15) is 0 Å². The van der Waals surface area contributed by atoms with Crippen LogP contribution in [0, 0.1) is 11.6 Å². The monoisotopic (exact) mass is 335 g/mol. The lowest BCUT2D eigenvalue weighted by Crippen LogP contribution is -2.06. The molecule has 0 amide bonds. The van der Waals surface area contributed by atoms with Gasteiger partial charge < -0.3 is 0 Å². The number of aliphatic imine (C=N–C) groups is 1. The van der Waals surface area contributed by atoms with Gasteiger partial charge in [0.15, 0.2) is 17.4 Å². The molecule has 0 spiro atoms. The molecule has 0 aromatic heterocycles. The Kier molecular flexibility index (Phi) is 4.59. The molecule has 0 unspecified atom stereocenters. The summed E-state index contributed by atoms with van der Waals surface area (Å²) in [5.74, 6) is -1.23. The molecule has 0 fully saturated rings. The molecule has 0 saturated heterocycles. The SMILES string of the molecule is O=C(CSC1=Nc2ccccc2CS1)c1ccc(F)c(F)c1. The molecule has 2 aromatic rings. The van der Waals surface area contributed by atoms with Crippen LogP contribution in [0.4, 0.5) is 14.5 Å². The van der Waals surface area contributed by atoms with Gasteiger partial charge in [0.2, 0.25) is 0 Å². The lowest BCUT2D eigenvalue weighted by Gasteiger charge is -2.13. The molecule has 1 aliphatic rings. The molecule has 6 heteroatoms. The highest BCUT2D eigenvalue weighted by Crippen LogP contribution is 2.34. The number of halogens is 2. The van der Waals surface area contributed by atoms with Gasteiger partial charge in [0.1, 0.15) is 4.38 Å². The van der Waals surface area contributed by atoms with Crippen molar-refractivity contribution in [3.05, 3.63) is 65.2 Å². The number of thioether (sulfide) groups is 2. The van der Waals surface area contributed by atoms with Crippen molar-refractivity contribution in [1.82, 2.24) is 0 Å². The molecule has 2 aromatic carbocycles. The molecule has 0 atom stereocenters. The first-order valence-corrected chi connectivity index (χ1v) is 8.51. The van der Waals surface area contributed by atoms with Crippen molar-refractivity contribution >= 4 is 39.4 Å². The van der Waals surface area contributed by atoms with Crippen molar-refractivity contribution in [2.45, 2.75) is 5.75 Å².